The molecule has 0 atom stereocenters. The van der Waals surface area contributed by atoms with E-state index in [4.69, 9.17) is 4.74 Å². The Hall–Kier alpha value is -4.73. The smallest absolute Gasteiger partial charge is 0.336 e. The van der Waals surface area contributed by atoms with Gasteiger partial charge in [0.05, 0.1) is 23.7 Å². The van der Waals surface area contributed by atoms with Crippen molar-refractivity contribution in [1.29, 1.82) is 0 Å². The minimum Gasteiger partial charge on any atom is -0.481 e. The number of hydrogen-bond donors (Lipinski definition) is 4. The van der Waals surface area contributed by atoms with Gasteiger partial charge in [0.15, 0.2) is 0 Å². The molecule has 2 aromatic carbocycles. The molecule has 2 amide bonds. The summed E-state index contributed by atoms with van der Waals surface area (Å²) in [5.74, 6) is -1.25. The number of pyridine rings is 1. The zero-order valence-electron chi connectivity index (χ0n) is 21.8. The molecular formula is C28H29N5O5. The van der Waals surface area contributed by atoms with E-state index in [1.165, 1.54) is 25.3 Å². The third kappa shape index (κ3) is 5.80. The summed E-state index contributed by atoms with van der Waals surface area (Å²) in [6.45, 7) is 8.21. The maximum Gasteiger partial charge on any atom is 0.336 e. The number of hydrogen-bond acceptors (Lipinski definition) is 6. The van der Waals surface area contributed by atoms with Crippen molar-refractivity contribution in [1.82, 2.24) is 20.3 Å². The fourth-order valence-corrected chi connectivity index (χ4v) is 3.90. The number of methoxy groups -OCH3 is 1. The molecule has 4 N–H and O–H groups in total. The summed E-state index contributed by atoms with van der Waals surface area (Å²) >= 11 is 0. The summed E-state index contributed by atoms with van der Waals surface area (Å²) < 4.78 is 5.22. The number of rotatable bonds is 7. The van der Waals surface area contributed by atoms with Crippen molar-refractivity contribution in [2.24, 2.45) is 5.41 Å². The van der Waals surface area contributed by atoms with Crippen LogP contribution >= 0.6 is 0 Å². The molecule has 4 rings (SSSR count). The second-order valence-electron chi connectivity index (χ2n) is 10.1. The Morgan fingerprint density at radius 3 is 2.39 bits per heavy atom. The number of carbonyl (C=O) groups is 3. The lowest BCUT2D eigenvalue weighted by atomic mass is 9.95. The average Bonchev–Trinajstić information content (AvgIpc) is 3.25. The van der Waals surface area contributed by atoms with E-state index >= 15 is 0 Å². The Morgan fingerprint density at radius 2 is 1.71 bits per heavy atom. The maximum atomic E-state index is 13.4. The van der Waals surface area contributed by atoms with Gasteiger partial charge in [-0.1, -0.05) is 26.8 Å². The normalized spacial score (nSPS) is 11.3. The molecule has 0 aliphatic rings. The van der Waals surface area contributed by atoms with Crippen LogP contribution in [0.15, 0.2) is 48.5 Å². The standard InChI is InChI=1S/C28H29N5O5/c1-15-30-21-10-7-17(13-22(21)31-15)32-26(35)24-19(9-11-23(33-24)38-5)18-8-6-16(12-20(18)27(36)37)25(34)29-14-28(2,3)4/h6-13H,14H2,1-5H3,(H,29,34)(H,30,31)(H,32,35)(H,36,37). The van der Waals surface area contributed by atoms with Crippen LogP contribution in [-0.4, -0.2) is 51.5 Å². The zero-order valence-corrected chi connectivity index (χ0v) is 21.8. The number of imidazole rings is 1. The van der Waals surface area contributed by atoms with Gasteiger partial charge in [0.2, 0.25) is 5.88 Å². The summed E-state index contributed by atoms with van der Waals surface area (Å²) in [7, 11) is 1.42. The number of anilines is 1. The van der Waals surface area contributed by atoms with Crippen molar-refractivity contribution in [3.63, 3.8) is 0 Å². The van der Waals surface area contributed by atoms with Crippen molar-refractivity contribution < 1.29 is 24.2 Å². The monoisotopic (exact) mass is 515 g/mol. The zero-order chi connectivity index (χ0) is 27.6. The van der Waals surface area contributed by atoms with Crippen LogP contribution < -0.4 is 15.4 Å². The number of carbonyl (C=O) groups excluding carboxylic acids is 2. The highest BCUT2D eigenvalue weighted by Crippen LogP contribution is 2.30. The first-order valence-corrected chi connectivity index (χ1v) is 11.9. The Morgan fingerprint density at radius 1 is 0.974 bits per heavy atom. The van der Waals surface area contributed by atoms with Crippen LogP contribution in [-0.2, 0) is 0 Å². The topological polar surface area (TPSA) is 146 Å². The fraction of sp³-hybridized carbons (Fsp3) is 0.250. The van der Waals surface area contributed by atoms with Gasteiger partial charge < -0.3 is 25.5 Å². The number of aryl methyl sites for hydroxylation is 1. The van der Waals surface area contributed by atoms with Crippen molar-refractivity contribution in [3.05, 3.63) is 71.2 Å². The van der Waals surface area contributed by atoms with Crippen LogP contribution in [0.3, 0.4) is 0 Å². The number of nitrogens with one attached hydrogen (secondary N) is 3. The first-order valence-electron chi connectivity index (χ1n) is 11.9. The van der Waals surface area contributed by atoms with E-state index in [-0.39, 0.29) is 45.1 Å². The molecule has 0 aliphatic heterocycles. The predicted octanol–water partition coefficient (Wildman–Crippen LogP) is 4.67. The van der Waals surface area contributed by atoms with Gasteiger partial charge >= 0.3 is 5.97 Å². The molecule has 196 valence electrons. The number of H-pyrrole nitrogens is 1. The van der Waals surface area contributed by atoms with Crippen molar-refractivity contribution in [2.45, 2.75) is 27.7 Å². The van der Waals surface area contributed by atoms with Gasteiger partial charge in [0.1, 0.15) is 11.5 Å². The van der Waals surface area contributed by atoms with Gasteiger partial charge in [-0.25, -0.2) is 14.8 Å². The Balaban J connectivity index is 1.72. The summed E-state index contributed by atoms with van der Waals surface area (Å²) in [5, 5.41) is 15.6. The van der Waals surface area contributed by atoms with Gasteiger partial charge in [0.25, 0.3) is 11.8 Å². The molecule has 0 radical (unpaired) electrons. The number of amides is 2. The van der Waals surface area contributed by atoms with Gasteiger partial charge in [0, 0.05) is 29.4 Å². The highest BCUT2D eigenvalue weighted by atomic mass is 16.5. The number of aromatic amines is 1. The lowest BCUT2D eigenvalue weighted by molar-refractivity contribution is 0.0697. The number of carboxylic acid groups (broad SMARTS) is 1. The molecule has 0 saturated heterocycles. The van der Waals surface area contributed by atoms with Crippen LogP contribution in [0.4, 0.5) is 5.69 Å². The SMILES string of the molecule is COc1ccc(-c2ccc(C(=O)NCC(C)(C)C)cc2C(=O)O)c(C(=O)Nc2ccc3nc(C)[nH]c3c2)n1. The summed E-state index contributed by atoms with van der Waals surface area (Å²) in [4.78, 5) is 50.1. The van der Waals surface area contributed by atoms with Crippen molar-refractivity contribution in [3.8, 4) is 17.0 Å². The molecule has 10 nitrogen and oxygen atoms in total. The molecule has 2 aromatic heterocycles. The second kappa shape index (κ2) is 10.3. The molecule has 38 heavy (non-hydrogen) atoms. The molecule has 2 heterocycles. The van der Waals surface area contributed by atoms with Crippen LogP contribution in [0.25, 0.3) is 22.2 Å². The predicted molar refractivity (Wildman–Crippen MR) is 144 cm³/mol. The Labute approximate surface area is 219 Å². The van der Waals surface area contributed by atoms with E-state index in [0.717, 1.165) is 16.9 Å². The molecule has 10 heteroatoms. The third-order valence-electron chi connectivity index (χ3n) is 5.73. The van der Waals surface area contributed by atoms with Crippen molar-refractivity contribution >= 4 is 34.5 Å². The molecule has 0 fully saturated rings. The summed E-state index contributed by atoms with van der Waals surface area (Å²) in [6.07, 6.45) is 0. The number of nitrogens with zero attached hydrogens (tertiary/aromatic N) is 2. The van der Waals surface area contributed by atoms with E-state index in [1.54, 1.807) is 30.3 Å². The second-order valence-corrected chi connectivity index (χ2v) is 10.1. The summed E-state index contributed by atoms with van der Waals surface area (Å²) in [6, 6.07) is 12.7. The molecule has 0 unspecified atom stereocenters. The number of aromatic nitrogens is 3. The Bertz CT molecular complexity index is 1550. The van der Waals surface area contributed by atoms with Crippen molar-refractivity contribution in [2.75, 3.05) is 19.0 Å². The molecule has 0 saturated carbocycles. The highest BCUT2D eigenvalue weighted by molar-refractivity contribution is 6.10. The molecule has 4 aromatic rings. The van der Waals surface area contributed by atoms with E-state index < -0.39 is 11.9 Å². The van der Waals surface area contributed by atoms with Crippen LogP contribution in [0.5, 0.6) is 5.88 Å². The summed E-state index contributed by atoms with van der Waals surface area (Å²) in [5.41, 5.74) is 2.44. The first kappa shape index (κ1) is 26.3. The highest BCUT2D eigenvalue weighted by Gasteiger charge is 2.23. The van der Waals surface area contributed by atoms with E-state index in [2.05, 4.69) is 25.6 Å². The van der Waals surface area contributed by atoms with Gasteiger partial charge in [-0.3, -0.25) is 9.59 Å². The third-order valence-corrected chi connectivity index (χ3v) is 5.73. The fourth-order valence-electron chi connectivity index (χ4n) is 3.90. The van der Waals surface area contributed by atoms with E-state index in [0.29, 0.717) is 12.2 Å². The Kier molecular flexibility index (Phi) is 7.16. The number of ether oxygens (including phenoxy) is 1. The minimum atomic E-state index is -1.24. The lowest BCUT2D eigenvalue weighted by Crippen LogP contribution is -2.32. The van der Waals surface area contributed by atoms with E-state index in [1.807, 2.05) is 27.7 Å². The van der Waals surface area contributed by atoms with Crippen LogP contribution in [0.1, 0.15) is 57.8 Å². The van der Waals surface area contributed by atoms with E-state index in [9.17, 15) is 19.5 Å². The number of fused-ring (bicyclic) bond motifs is 1. The van der Waals surface area contributed by atoms with Crippen LogP contribution in [0, 0.1) is 12.3 Å². The lowest BCUT2D eigenvalue weighted by Gasteiger charge is -2.19. The van der Waals surface area contributed by atoms with Gasteiger partial charge in [-0.15, -0.1) is 0 Å². The largest absolute Gasteiger partial charge is 0.481 e. The minimum absolute atomic E-state index is 0.0299. The van der Waals surface area contributed by atoms with Crippen LogP contribution in [0.2, 0.25) is 0 Å². The molecule has 0 bridgehead atoms. The number of benzene rings is 2. The maximum absolute atomic E-state index is 13.4. The first-order chi connectivity index (χ1) is 17.9. The molecule has 0 spiro atoms. The van der Waals surface area contributed by atoms with Gasteiger partial charge in [-0.2, -0.15) is 0 Å². The number of aromatic carboxylic acids is 1. The average molecular weight is 516 g/mol. The number of carboxylic acids is 1. The molecular weight excluding hydrogens is 486 g/mol. The molecule has 0 aliphatic carbocycles. The quantitative estimate of drug-likeness (QED) is 0.280. The van der Waals surface area contributed by atoms with Gasteiger partial charge in [-0.05, 0) is 54.3 Å².